The molecule has 1 aromatic carbocycles. The number of carbonyl (C=O) groups excluding carboxylic acids is 2. The number of rotatable bonds is 5. The number of halogens is 2. The van der Waals surface area contributed by atoms with Crippen molar-refractivity contribution in [1.29, 1.82) is 0 Å². The first-order valence-corrected chi connectivity index (χ1v) is 8.77. The third-order valence-electron chi connectivity index (χ3n) is 4.23. The summed E-state index contributed by atoms with van der Waals surface area (Å²) in [7, 11) is 0. The van der Waals surface area contributed by atoms with Gasteiger partial charge in [0.2, 0.25) is 5.91 Å². The van der Waals surface area contributed by atoms with Crippen LogP contribution in [-0.2, 0) is 9.59 Å². The maximum Gasteiger partial charge on any atom is 0.326 e. The number of carbonyl (C=O) groups is 3. The quantitative estimate of drug-likeness (QED) is 0.814. The molecular weight excluding hydrogens is 367 g/mol. The first kappa shape index (κ1) is 19.5. The van der Waals surface area contributed by atoms with Gasteiger partial charge in [-0.15, -0.1) is 0 Å². The molecule has 136 valence electrons. The Hall–Kier alpha value is -1.79. The molecule has 0 radical (unpaired) electrons. The van der Waals surface area contributed by atoms with Gasteiger partial charge in [0, 0.05) is 6.54 Å². The molecule has 0 spiro atoms. The standard InChI is InChI=1S/C17H20Cl2N2O4/c1-9(2)14(16(23)21-8-4-7-12(21)17(24)25)20-15(22)13-10(18)5-3-6-11(13)19/h3,5-6,9,12,14H,4,7-8H2,1-2H3,(H,20,22)(H,24,25)/t12-,14-/m0/s1. The second-order valence-corrected chi connectivity index (χ2v) is 7.13. The van der Waals surface area contributed by atoms with E-state index in [1.165, 1.54) is 17.0 Å². The Labute approximate surface area is 156 Å². The highest BCUT2D eigenvalue weighted by molar-refractivity contribution is 6.39. The van der Waals surface area contributed by atoms with E-state index in [1.807, 2.05) is 0 Å². The van der Waals surface area contributed by atoms with Crippen LogP contribution in [0, 0.1) is 5.92 Å². The molecule has 1 heterocycles. The lowest BCUT2D eigenvalue weighted by Gasteiger charge is -2.29. The number of hydrogen-bond donors (Lipinski definition) is 2. The molecule has 2 atom stereocenters. The molecular formula is C17H20Cl2N2O4. The van der Waals surface area contributed by atoms with Gasteiger partial charge in [-0.05, 0) is 30.9 Å². The van der Waals surface area contributed by atoms with Crippen molar-refractivity contribution in [1.82, 2.24) is 10.2 Å². The fraction of sp³-hybridized carbons (Fsp3) is 0.471. The Morgan fingerprint density at radius 3 is 2.36 bits per heavy atom. The van der Waals surface area contributed by atoms with E-state index < -0.39 is 29.9 Å². The summed E-state index contributed by atoms with van der Waals surface area (Å²) >= 11 is 12.1. The molecule has 1 aromatic rings. The molecule has 0 aliphatic carbocycles. The van der Waals surface area contributed by atoms with Crippen LogP contribution in [0.4, 0.5) is 0 Å². The molecule has 0 bridgehead atoms. The van der Waals surface area contributed by atoms with Crippen LogP contribution < -0.4 is 5.32 Å². The highest BCUT2D eigenvalue weighted by Crippen LogP contribution is 2.25. The zero-order chi connectivity index (χ0) is 18.7. The number of aliphatic carboxylic acids is 1. The first-order chi connectivity index (χ1) is 11.7. The summed E-state index contributed by atoms with van der Waals surface area (Å²) in [6.45, 7) is 3.92. The predicted octanol–water partition coefficient (Wildman–Crippen LogP) is 2.82. The summed E-state index contributed by atoms with van der Waals surface area (Å²) in [6.07, 6.45) is 1.04. The van der Waals surface area contributed by atoms with Crippen LogP contribution in [0.5, 0.6) is 0 Å². The number of nitrogens with one attached hydrogen (secondary N) is 1. The van der Waals surface area contributed by atoms with Gasteiger partial charge in [0.05, 0.1) is 15.6 Å². The lowest BCUT2D eigenvalue weighted by Crippen LogP contribution is -2.53. The van der Waals surface area contributed by atoms with E-state index in [0.717, 1.165) is 0 Å². The Morgan fingerprint density at radius 1 is 1.24 bits per heavy atom. The van der Waals surface area contributed by atoms with Gasteiger partial charge in [-0.3, -0.25) is 9.59 Å². The fourth-order valence-electron chi connectivity index (χ4n) is 2.91. The van der Waals surface area contributed by atoms with Crippen molar-refractivity contribution >= 4 is 41.0 Å². The van der Waals surface area contributed by atoms with Gasteiger partial charge in [-0.2, -0.15) is 0 Å². The minimum absolute atomic E-state index is 0.0977. The number of likely N-dealkylation sites (tertiary alicyclic amines) is 1. The molecule has 6 nitrogen and oxygen atoms in total. The van der Waals surface area contributed by atoms with Crippen LogP contribution in [0.3, 0.4) is 0 Å². The van der Waals surface area contributed by atoms with Crippen molar-refractivity contribution < 1.29 is 19.5 Å². The number of nitrogens with zero attached hydrogens (tertiary/aromatic N) is 1. The second kappa shape index (κ2) is 8.06. The summed E-state index contributed by atoms with van der Waals surface area (Å²) in [5, 5.41) is 12.3. The number of hydrogen-bond acceptors (Lipinski definition) is 3. The highest BCUT2D eigenvalue weighted by atomic mass is 35.5. The van der Waals surface area contributed by atoms with Crippen LogP contribution in [0.2, 0.25) is 10.0 Å². The summed E-state index contributed by atoms with van der Waals surface area (Å²) in [6, 6.07) is 2.98. The summed E-state index contributed by atoms with van der Waals surface area (Å²) < 4.78 is 0. The Bertz CT molecular complexity index is 673. The third-order valence-corrected chi connectivity index (χ3v) is 4.86. The molecule has 8 heteroatoms. The third kappa shape index (κ3) is 4.25. The minimum atomic E-state index is -1.03. The van der Waals surface area contributed by atoms with Gasteiger partial charge in [0.15, 0.2) is 0 Å². The topological polar surface area (TPSA) is 86.7 Å². The molecule has 0 saturated carbocycles. The lowest BCUT2D eigenvalue weighted by molar-refractivity contribution is -0.149. The van der Waals surface area contributed by atoms with Crippen LogP contribution in [0.15, 0.2) is 18.2 Å². The maximum atomic E-state index is 12.8. The van der Waals surface area contributed by atoms with E-state index in [-0.39, 0.29) is 21.5 Å². The van der Waals surface area contributed by atoms with E-state index in [1.54, 1.807) is 19.9 Å². The smallest absolute Gasteiger partial charge is 0.326 e. The number of amides is 2. The molecule has 1 saturated heterocycles. The molecule has 25 heavy (non-hydrogen) atoms. The predicted molar refractivity (Wildman–Crippen MR) is 94.9 cm³/mol. The zero-order valence-corrected chi connectivity index (χ0v) is 15.5. The van der Waals surface area contributed by atoms with Crippen molar-refractivity contribution in [2.24, 2.45) is 5.92 Å². The number of benzene rings is 1. The van der Waals surface area contributed by atoms with E-state index in [4.69, 9.17) is 23.2 Å². The molecule has 2 N–H and O–H groups in total. The van der Waals surface area contributed by atoms with Crippen molar-refractivity contribution in [3.63, 3.8) is 0 Å². The minimum Gasteiger partial charge on any atom is -0.480 e. The Balaban J connectivity index is 2.22. The number of carboxylic acids is 1. The average molecular weight is 387 g/mol. The van der Waals surface area contributed by atoms with Crippen LogP contribution in [0.1, 0.15) is 37.0 Å². The van der Waals surface area contributed by atoms with Gasteiger partial charge in [0.25, 0.3) is 5.91 Å². The second-order valence-electron chi connectivity index (χ2n) is 6.32. The van der Waals surface area contributed by atoms with Crippen molar-refractivity contribution in [3.8, 4) is 0 Å². The van der Waals surface area contributed by atoms with Gasteiger partial charge < -0.3 is 15.3 Å². The molecule has 1 aliphatic heterocycles. The first-order valence-electron chi connectivity index (χ1n) is 8.02. The fourth-order valence-corrected chi connectivity index (χ4v) is 3.48. The Kier molecular flexibility index (Phi) is 6.30. The van der Waals surface area contributed by atoms with E-state index >= 15 is 0 Å². The van der Waals surface area contributed by atoms with Gasteiger partial charge >= 0.3 is 5.97 Å². The molecule has 1 fully saturated rings. The summed E-state index contributed by atoms with van der Waals surface area (Å²) in [5.41, 5.74) is 0.0977. The maximum absolute atomic E-state index is 12.8. The summed E-state index contributed by atoms with van der Waals surface area (Å²) in [4.78, 5) is 38.0. The van der Waals surface area contributed by atoms with E-state index in [2.05, 4.69) is 5.32 Å². The van der Waals surface area contributed by atoms with Crippen molar-refractivity contribution in [2.75, 3.05) is 6.54 Å². The summed E-state index contributed by atoms with van der Waals surface area (Å²) in [5.74, 6) is -2.23. The molecule has 0 aromatic heterocycles. The normalized spacial score (nSPS) is 18.3. The molecule has 1 aliphatic rings. The lowest BCUT2D eigenvalue weighted by atomic mass is 10.0. The van der Waals surface area contributed by atoms with Gasteiger partial charge in [-0.25, -0.2) is 4.79 Å². The van der Waals surface area contributed by atoms with Crippen LogP contribution in [-0.4, -0.2) is 46.4 Å². The highest BCUT2D eigenvalue weighted by Gasteiger charge is 2.38. The molecule has 2 amide bonds. The SMILES string of the molecule is CC(C)[C@H](NC(=O)c1c(Cl)cccc1Cl)C(=O)N1CCC[C@H]1C(=O)O. The van der Waals surface area contributed by atoms with Crippen molar-refractivity contribution in [2.45, 2.75) is 38.8 Å². The van der Waals surface area contributed by atoms with Crippen molar-refractivity contribution in [3.05, 3.63) is 33.8 Å². The van der Waals surface area contributed by atoms with Gasteiger partial charge in [-0.1, -0.05) is 43.1 Å². The van der Waals surface area contributed by atoms with Crippen LogP contribution in [0.25, 0.3) is 0 Å². The molecule has 0 unspecified atom stereocenters. The van der Waals surface area contributed by atoms with Crippen LogP contribution >= 0.6 is 23.2 Å². The van der Waals surface area contributed by atoms with E-state index in [0.29, 0.717) is 19.4 Å². The number of carboxylic acid groups (broad SMARTS) is 1. The van der Waals surface area contributed by atoms with E-state index in [9.17, 15) is 19.5 Å². The zero-order valence-electron chi connectivity index (χ0n) is 14.0. The van der Waals surface area contributed by atoms with Gasteiger partial charge in [0.1, 0.15) is 12.1 Å². The monoisotopic (exact) mass is 386 g/mol. The average Bonchev–Trinajstić information content (AvgIpc) is 3.01. The largest absolute Gasteiger partial charge is 0.480 e. The Morgan fingerprint density at radius 2 is 1.84 bits per heavy atom. The molecule has 2 rings (SSSR count).